The fourth-order valence-corrected chi connectivity index (χ4v) is 2.62. The van der Waals surface area contributed by atoms with Crippen molar-refractivity contribution in [3.8, 4) is 5.75 Å². The number of fused-ring (bicyclic) bond motifs is 1. The van der Waals surface area contributed by atoms with Crippen LogP contribution in [0.1, 0.15) is 53.8 Å². The molecule has 1 aliphatic heterocycles. The minimum absolute atomic E-state index is 0.0847. The number of anilines is 1. The molecule has 1 unspecified atom stereocenters. The van der Waals surface area contributed by atoms with Gasteiger partial charge in [0.15, 0.2) is 5.78 Å². The zero-order valence-corrected chi connectivity index (χ0v) is 12.3. The van der Waals surface area contributed by atoms with Gasteiger partial charge in [-0.15, -0.1) is 0 Å². The van der Waals surface area contributed by atoms with Gasteiger partial charge in [0.25, 0.3) is 0 Å². The van der Waals surface area contributed by atoms with Gasteiger partial charge in [-0.25, -0.2) is 0 Å². The Morgan fingerprint density at radius 1 is 1.14 bits per heavy atom. The zero-order chi connectivity index (χ0) is 15.0. The summed E-state index contributed by atoms with van der Waals surface area (Å²) in [6.45, 7) is 4.33. The van der Waals surface area contributed by atoms with Crippen LogP contribution in [0.2, 0.25) is 0 Å². The molecule has 0 radical (unpaired) electrons. The smallest absolute Gasteiger partial charge is 0.170 e. The number of rotatable bonds is 2. The lowest BCUT2D eigenvalue weighted by molar-refractivity contribution is 0.0850. The van der Waals surface area contributed by atoms with Crippen molar-refractivity contribution in [3.05, 3.63) is 59.2 Å². The molecule has 2 N–H and O–H groups in total. The van der Waals surface area contributed by atoms with Gasteiger partial charge in [0.05, 0.1) is 12.0 Å². The van der Waals surface area contributed by atoms with E-state index in [1.54, 1.807) is 18.2 Å². The summed E-state index contributed by atoms with van der Waals surface area (Å²) in [6.07, 6.45) is 0.145. The molecule has 3 nitrogen and oxygen atoms in total. The normalized spacial score (nSPS) is 17.5. The van der Waals surface area contributed by atoms with Crippen LogP contribution >= 0.6 is 0 Å². The van der Waals surface area contributed by atoms with E-state index in [1.807, 2.05) is 0 Å². The first-order valence-corrected chi connectivity index (χ1v) is 7.24. The topological polar surface area (TPSA) is 52.3 Å². The predicted octanol–water partition coefficient (Wildman–Crippen LogP) is 4.10. The summed E-state index contributed by atoms with van der Waals surface area (Å²) in [6, 6.07) is 13.5. The number of benzene rings is 2. The molecule has 2 aromatic carbocycles. The lowest BCUT2D eigenvalue weighted by atomic mass is 9.94. The lowest BCUT2D eigenvalue weighted by Gasteiger charge is -2.26. The number of nitrogen functional groups attached to an aromatic ring is 1. The van der Waals surface area contributed by atoms with Gasteiger partial charge < -0.3 is 10.5 Å². The van der Waals surface area contributed by atoms with Crippen LogP contribution in [0.15, 0.2) is 42.5 Å². The Hall–Kier alpha value is -2.29. The van der Waals surface area contributed by atoms with E-state index in [9.17, 15) is 4.79 Å². The molecule has 0 aliphatic carbocycles. The van der Waals surface area contributed by atoms with E-state index in [4.69, 9.17) is 10.5 Å². The Morgan fingerprint density at radius 2 is 1.86 bits per heavy atom. The highest BCUT2D eigenvalue weighted by atomic mass is 16.5. The quantitative estimate of drug-likeness (QED) is 0.843. The fraction of sp³-hybridized carbons (Fsp3) is 0.278. The number of carbonyl (C=O) groups is 1. The largest absolute Gasteiger partial charge is 0.484 e. The van der Waals surface area contributed by atoms with Crippen molar-refractivity contribution in [1.82, 2.24) is 0 Å². The first kappa shape index (κ1) is 13.7. The van der Waals surface area contributed by atoms with E-state index in [2.05, 4.69) is 38.1 Å². The molecule has 0 spiro atoms. The molecule has 1 atom stereocenters. The maximum absolute atomic E-state index is 12.3. The molecule has 0 fully saturated rings. The second-order valence-corrected chi connectivity index (χ2v) is 5.81. The molecule has 3 rings (SSSR count). The van der Waals surface area contributed by atoms with Gasteiger partial charge in [-0.3, -0.25) is 4.79 Å². The molecule has 0 bridgehead atoms. The van der Waals surface area contributed by atoms with Crippen LogP contribution in [0.4, 0.5) is 5.69 Å². The Kier molecular flexibility index (Phi) is 3.42. The molecular weight excluding hydrogens is 262 g/mol. The van der Waals surface area contributed by atoms with Gasteiger partial charge in [0.2, 0.25) is 0 Å². The molecule has 0 amide bonds. The molecule has 0 saturated carbocycles. The van der Waals surface area contributed by atoms with Crippen LogP contribution in [-0.4, -0.2) is 5.78 Å². The summed E-state index contributed by atoms with van der Waals surface area (Å²) < 4.78 is 5.97. The minimum atomic E-state index is -0.213. The van der Waals surface area contributed by atoms with Crippen molar-refractivity contribution in [3.63, 3.8) is 0 Å². The highest BCUT2D eigenvalue weighted by Crippen LogP contribution is 2.36. The third-order valence-electron chi connectivity index (χ3n) is 3.92. The molecule has 0 aromatic heterocycles. The number of hydrogen-bond acceptors (Lipinski definition) is 3. The maximum Gasteiger partial charge on any atom is 0.170 e. The molecule has 1 heterocycles. The summed E-state index contributed by atoms with van der Waals surface area (Å²) in [5.74, 6) is 1.21. The van der Waals surface area contributed by atoms with E-state index in [0.717, 1.165) is 5.56 Å². The average molecular weight is 281 g/mol. The van der Waals surface area contributed by atoms with Crippen LogP contribution in [0.25, 0.3) is 0 Å². The van der Waals surface area contributed by atoms with Crippen LogP contribution < -0.4 is 10.5 Å². The Bertz CT molecular complexity index is 674. The number of carbonyl (C=O) groups excluding carboxylic acids is 1. The van der Waals surface area contributed by atoms with Gasteiger partial charge in [0, 0.05) is 5.69 Å². The van der Waals surface area contributed by atoms with Crippen molar-refractivity contribution in [2.24, 2.45) is 0 Å². The molecule has 3 heteroatoms. The van der Waals surface area contributed by atoms with Crippen molar-refractivity contribution >= 4 is 11.5 Å². The first-order chi connectivity index (χ1) is 10.0. The van der Waals surface area contributed by atoms with Crippen molar-refractivity contribution in [2.75, 3.05) is 5.73 Å². The van der Waals surface area contributed by atoms with Crippen LogP contribution in [0.5, 0.6) is 5.75 Å². The van der Waals surface area contributed by atoms with Crippen LogP contribution in [0, 0.1) is 0 Å². The molecular formula is C18H19NO2. The lowest BCUT2D eigenvalue weighted by Crippen LogP contribution is -2.20. The molecule has 21 heavy (non-hydrogen) atoms. The van der Waals surface area contributed by atoms with Crippen molar-refractivity contribution in [2.45, 2.75) is 32.3 Å². The fourth-order valence-electron chi connectivity index (χ4n) is 2.62. The zero-order valence-electron chi connectivity index (χ0n) is 12.3. The Balaban J connectivity index is 1.88. The standard InChI is InChI=1S/C18H19NO2/c1-11(2)12-3-5-13(6-4-12)18-10-16(20)15-9-14(19)7-8-17(15)21-18/h3-9,11,18H,10,19H2,1-2H3. The number of nitrogens with two attached hydrogens (primary N) is 1. The van der Waals surface area contributed by atoms with E-state index in [-0.39, 0.29) is 11.9 Å². The van der Waals surface area contributed by atoms with E-state index < -0.39 is 0 Å². The number of ketones is 1. The Morgan fingerprint density at radius 3 is 2.52 bits per heavy atom. The van der Waals surface area contributed by atoms with Crippen LogP contribution in [0.3, 0.4) is 0 Å². The summed E-state index contributed by atoms with van der Waals surface area (Å²) in [4.78, 5) is 12.3. The van der Waals surface area contributed by atoms with E-state index in [1.165, 1.54) is 5.56 Å². The molecule has 2 aromatic rings. The van der Waals surface area contributed by atoms with Gasteiger partial charge in [0.1, 0.15) is 11.9 Å². The minimum Gasteiger partial charge on any atom is -0.484 e. The summed E-state index contributed by atoms with van der Waals surface area (Å²) in [5.41, 5.74) is 9.23. The predicted molar refractivity (Wildman–Crippen MR) is 83.7 cm³/mol. The van der Waals surface area contributed by atoms with Gasteiger partial charge in [-0.2, -0.15) is 0 Å². The van der Waals surface area contributed by atoms with Gasteiger partial charge in [-0.05, 0) is 35.2 Å². The van der Waals surface area contributed by atoms with E-state index in [0.29, 0.717) is 29.3 Å². The summed E-state index contributed by atoms with van der Waals surface area (Å²) >= 11 is 0. The van der Waals surface area contributed by atoms with Crippen LogP contribution in [-0.2, 0) is 0 Å². The highest BCUT2D eigenvalue weighted by Gasteiger charge is 2.27. The van der Waals surface area contributed by atoms with Gasteiger partial charge >= 0.3 is 0 Å². The second-order valence-electron chi connectivity index (χ2n) is 5.81. The molecule has 1 aliphatic rings. The van der Waals surface area contributed by atoms with Gasteiger partial charge in [-0.1, -0.05) is 38.1 Å². The molecule has 0 saturated heterocycles. The summed E-state index contributed by atoms with van der Waals surface area (Å²) in [5, 5.41) is 0. The SMILES string of the molecule is CC(C)c1ccc(C2CC(=O)c3cc(N)ccc3O2)cc1. The molecule has 108 valence electrons. The third-order valence-corrected chi connectivity index (χ3v) is 3.92. The average Bonchev–Trinajstić information content (AvgIpc) is 2.48. The Labute approximate surface area is 124 Å². The highest BCUT2D eigenvalue weighted by molar-refractivity contribution is 6.00. The van der Waals surface area contributed by atoms with Crippen molar-refractivity contribution in [1.29, 1.82) is 0 Å². The summed E-state index contributed by atoms with van der Waals surface area (Å²) in [7, 11) is 0. The number of Topliss-reactive ketones (excluding diaryl/α,β-unsaturated/α-hetero) is 1. The maximum atomic E-state index is 12.3. The van der Waals surface area contributed by atoms with E-state index >= 15 is 0 Å². The third kappa shape index (κ3) is 2.64. The van der Waals surface area contributed by atoms with Crippen molar-refractivity contribution < 1.29 is 9.53 Å². The number of ether oxygens (including phenoxy) is 1. The monoisotopic (exact) mass is 281 g/mol. The number of hydrogen-bond donors (Lipinski definition) is 1. The first-order valence-electron chi connectivity index (χ1n) is 7.24. The second kappa shape index (κ2) is 5.24.